The summed E-state index contributed by atoms with van der Waals surface area (Å²) < 4.78 is 40.6. The van der Waals surface area contributed by atoms with Crippen molar-refractivity contribution >= 4 is 11.7 Å². The second kappa shape index (κ2) is 8.47. The van der Waals surface area contributed by atoms with E-state index in [0.717, 1.165) is 0 Å². The van der Waals surface area contributed by atoms with E-state index in [1.54, 1.807) is 0 Å². The Morgan fingerprint density at radius 1 is 1.32 bits per heavy atom. The number of carbonyl (C=O) groups excluding carboxylic acids is 1. The number of carbonyl (C=O) groups is 1. The summed E-state index contributed by atoms with van der Waals surface area (Å²) in [5.74, 6) is 0.0648. The summed E-state index contributed by atoms with van der Waals surface area (Å²) in [7, 11) is 0. The fraction of sp³-hybridized carbons (Fsp3) is 0.500. The number of hydrogen-bond donors (Lipinski definition) is 3. The van der Waals surface area contributed by atoms with Gasteiger partial charge in [0.05, 0.1) is 0 Å². The summed E-state index contributed by atoms with van der Waals surface area (Å²) in [4.78, 5) is 11.7. The number of aliphatic hydroxyl groups excluding tert-OH is 1. The first-order valence-electron chi connectivity index (χ1n) is 6.82. The number of urea groups is 1. The van der Waals surface area contributed by atoms with Crippen molar-refractivity contribution in [3.05, 3.63) is 24.3 Å². The molecule has 124 valence electrons. The van der Waals surface area contributed by atoms with Crippen LogP contribution >= 0.6 is 0 Å². The summed E-state index contributed by atoms with van der Waals surface area (Å²) in [5.41, 5.74) is 0.427. The summed E-state index contributed by atoms with van der Waals surface area (Å²) >= 11 is 0. The molecule has 22 heavy (non-hydrogen) atoms. The molecular weight excluding hydrogens is 301 g/mol. The minimum Gasteiger partial charge on any atom is -0.484 e. The Balaban J connectivity index is 2.48. The third-order valence-corrected chi connectivity index (χ3v) is 2.82. The van der Waals surface area contributed by atoms with E-state index in [9.17, 15) is 18.0 Å². The Hall–Kier alpha value is -1.96. The van der Waals surface area contributed by atoms with Crippen LogP contribution in [0.25, 0.3) is 0 Å². The number of alkyl halides is 3. The van der Waals surface area contributed by atoms with Gasteiger partial charge >= 0.3 is 12.2 Å². The zero-order chi connectivity index (χ0) is 16.6. The third kappa shape index (κ3) is 7.16. The maximum absolute atomic E-state index is 12.0. The molecule has 0 radical (unpaired) electrons. The van der Waals surface area contributed by atoms with Crippen molar-refractivity contribution in [3.8, 4) is 5.75 Å². The van der Waals surface area contributed by atoms with Gasteiger partial charge in [-0.3, -0.25) is 0 Å². The number of hydrogen-bond acceptors (Lipinski definition) is 3. The smallest absolute Gasteiger partial charge is 0.422 e. The predicted molar refractivity (Wildman–Crippen MR) is 75.9 cm³/mol. The SMILES string of the molecule is CCC(CCO)NC(=O)Nc1ccc(OCC(F)(F)F)cc1. The first kappa shape index (κ1) is 18.1. The van der Waals surface area contributed by atoms with Crippen LogP contribution in [0.1, 0.15) is 19.8 Å². The highest BCUT2D eigenvalue weighted by Crippen LogP contribution is 2.20. The average Bonchev–Trinajstić information content (AvgIpc) is 2.45. The molecule has 0 saturated carbocycles. The highest BCUT2D eigenvalue weighted by molar-refractivity contribution is 5.89. The number of rotatable bonds is 7. The van der Waals surface area contributed by atoms with E-state index >= 15 is 0 Å². The van der Waals surface area contributed by atoms with Crippen LogP contribution in [0.5, 0.6) is 5.75 Å². The van der Waals surface area contributed by atoms with E-state index in [2.05, 4.69) is 15.4 Å². The van der Waals surface area contributed by atoms with Crippen LogP contribution < -0.4 is 15.4 Å². The highest BCUT2D eigenvalue weighted by atomic mass is 19.4. The number of halogens is 3. The molecule has 0 saturated heterocycles. The molecule has 1 aromatic carbocycles. The molecule has 3 N–H and O–H groups in total. The van der Waals surface area contributed by atoms with Gasteiger partial charge in [0, 0.05) is 18.3 Å². The third-order valence-electron chi connectivity index (χ3n) is 2.82. The van der Waals surface area contributed by atoms with Crippen molar-refractivity contribution in [2.75, 3.05) is 18.5 Å². The molecule has 1 atom stereocenters. The Kier molecular flexibility index (Phi) is 6.97. The normalized spacial score (nSPS) is 12.6. The fourth-order valence-electron chi connectivity index (χ4n) is 1.69. The standard InChI is InChI=1S/C14H19F3N2O3/c1-2-10(7-8-20)18-13(21)19-11-3-5-12(6-4-11)22-9-14(15,16)17/h3-6,10,20H,2,7-9H2,1H3,(H2,18,19,21). The Morgan fingerprint density at radius 2 is 1.95 bits per heavy atom. The minimum atomic E-state index is -4.39. The maximum Gasteiger partial charge on any atom is 0.422 e. The van der Waals surface area contributed by atoms with E-state index in [1.165, 1.54) is 24.3 Å². The van der Waals surface area contributed by atoms with Gasteiger partial charge in [0.25, 0.3) is 0 Å². The zero-order valence-corrected chi connectivity index (χ0v) is 12.1. The zero-order valence-electron chi connectivity index (χ0n) is 12.1. The van der Waals surface area contributed by atoms with Crippen molar-refractivity contribution in [2.24, 2.45) is 0 Å². The summed E-state index contributed by atoms with van der Waals surface area (Å²) in [6.45, 7) is 0.497. The monoisotopic (exact) mass is 320 g/mol. The number of amides is 2. The van der Waals surface area contributed by atoms with Gasteiger partial charge in [0.15, 0.2) is 6.61 Å². The molecule has 0 aromatic heterocycles. The molecule has 1 unspecified atom stereocenters. The Bertz CT molecular complexity index is 463. The van der Waals surface area contributed by atoms with Gasteiger partial charge in [-0.25, -0.2) is 4.79 Å². The lowest BCUT2D eigenvalue weighted by atomic mass is 10.2. The summed E-state index contributed by atoms with van der Waals surface area (Å²) in [6.07, 6.45) is -3.26. The van der Waals surface area contributed by atoms with E-state index in [4.69, 9.17) is 5.11 Å². The molecule has 0 spiro atoms. The van der Waals surface area contributed by atoms with Crippen molar-refractivity contribution < 1.29 is 27.8 Å². The molecule has 1 aromatic rings. The van der Waals surface area contributed by atoms with Gasteiger partial charge < -0.3 is 20.5 Å². The number of aliphatic hydroxyl groups is 1. The molecule has 0 aliphatic rings. The lowest BCUT2D eigenvalue weighted by Crippen LogP contribution is -2.38. The molecule has 2 amide bonds. The molecule has 0 aliphatic heterocycles. The van der Waals surface area contributed by atoms with Crippen LogP contribution in [-0.2, 0) is 0 Å². The van der Waals surface area contributed by atoms with Gasteiger partial charge in [-0.05, 0) is 37.1 Å². The van der Waals surface area contributed by atoms with Crippen LogP contribution in [0.3, 0.4) is 0 Å². The maximum atomic E-state index is 12.0. The molecule has 0 heterocycles. The molecule has 0 fully saturated rings. The van der Waals surface area contributed by atoms with E-state index in [1.807, 2.05) is 6.92 Å². The van der Waals surface area contributed by atoms with Crippen molar-refractivity contribution in [3.63, 3.8) is 0 Å². The van der Waals surface area contributed by atoms with Crippen LogP contribution in [-0.4, -0.2) is 36.6 Å². The topological polar surface area (TPSA) is 70.6 Å². The van der Waals surface area contributed by atoms with Crippen LogP contribution in [0.15, 0.2) is 24.3 Å². The van der Waals surface area contributed by atoms with Crippen LogP contribution in [0.2, 0.25) is 0 Å². The van der Waals surface area contributed by atoms with Gasteiger partial charge in [-0.1, -0.05) is 6.92 Å². The Morgan fingerprint density at radius 3 is 2.45 bits per heavy atom. The number of ether oxygens (including phenoxy) is 1. The van der Waals surface area contributed by atoms with Gasteiger partial charge in [0.1, 0.15) is 5.75 Å². The molecule has 5 nitrogen and oxygen atoms in total. The number of anilines is 1. The quantitative estimate of drug-likeness (QED) is 0.723. The van der Waals surface area contributed by atoms with Crippen LogP contribution in [0.4, 0.5) is 23.7 Å². The van der Waals surface area contributed by atoms with E-state index in [-0.39, 0.29) is 18.4 Å². The molecular formula is C14H19F3N2O3. The van der Waals surface area contributed by atoms with Crippen molar-refractivity contribution in [1.29, 1.82) is 0 Å². The predicted octanol–water partition coefficient (Wildman–Crippen LogP) is 2.91. The highest BCUT2D eigenvalue weighted by Gasteiger charge is 2.28. The second-order valence-corrected chi connectivity index (χ2v) is 4.64. The van der Waals surface area contributed by atoms with E-state index in [0.29, 0.717) is 18.5 Å². The van der Waals surface area contributed by atoms with Gasteiger partial charge in [-0.2, -0.15) is 13.2 Å². The van der Waals surface area contributed by atoms with Gasteiger partial charge in [-0.15, -0.1) is 0 Å². The van der Waals surface area contributed by atoms with Crippen molar-refractivity contribution in [2.45, 2.75) is 32.0 Å². The first-order chi connectivity index (χ1) is 10.3. The fourth-order valence-corrected chi connectivity index (χ4v) is 1.69. The average molecular weight is 320 g/mol. The largest absolute Gasteiger partial charge is 0.484 e. The second-order valence-electron chi connectivity index (χ2n) is 4.64. The molecule has 0 aliphatic carbocycles. The van der Waals surface area contributed by atoms with Gasteiger partial charge in [0.2, 0.25) is 0 Å². The molecule has 0 bridgehead atoms. The van der Waals surface area contributed by atoms with Crippen molar-refractivity contribution in [1.82, 2.24) is 5.32 Å². The van der Waals surface area contributed by atoms with Crippen LogP contribution in [0, 0.1) is 0 Å². The number of nitrogens with one attached hydrogen (secondary N) is 2. The minimum absolute atomic E-state index is 0.0238. The Labute approximate surface area is 126 Å². The van der Waals surface area contributed by atoms with E-state index < -0.39 is 18.8 Å². The molecule has 1 rings (SSSR count). The summed E-state index contributed by atoms with van der Waals surface area (Å²) in [6, 6.07) is 4.98. The molecule has 8 heteroatoms. The first-order valence-corrected chi connectivity index (χ1v) is 6.82. The number of benzene rings is 1. The lowest BCUT2D eigenvalue weighted by molar-refractivity contribution is -0.153. The summed E-state index contributed by atoms with van der Waals surface area (Å²) in [5, 5.41) is 14.1. The lowest BCUT2D eigenvalue weighted by Gasteiger charge is -2.16.